The SMILES string of the molecule is CC(C)Nc1cccc(CNC(=O)N(C)C[C@H]2CCCC[C@H]2O)c1. The Hall–Kier alpha value is -1.75. The summed E-state index contributed by atoms with van der Waals surface area (Å²) in [6.45, 7) is 5.32. The van der Waals surface area contributed by atoms with E-state index in [1.54, 1.807) is 11.9 Å². The van der Waals surface area contributed by atoms with Crippen LogP contribution in [0.25, 0.3) is 0 Å². The second-order valence-corrected chi connectivity index (χ2v) is 7.15. The summed E-state index contributed by atoms with van der Waals surface area (Å²) in [4.78, 5) is 14.0. The molecule has 2 atom stereocenters. The van der Waals surface area contributed by atoms with Gasteiger partial charge in [0, 0.05) is 37.8 Å². The number of urea groups is 1. The summed E-state index contributed by atoms with van der Waals surface area (Å²) < 4.78 is 0. The van der Waals surface area contributed by atoms with E-state index in [0.29, 0.717) is 19.1 Å². The van der Waals surface area contributed by atoms with Crippen LogP contribution >= 0.6 is 0 Å². The van der Waals surface area contributed by atoms with Crippen LogP contribution in [0.4, 0.5) is 10.5 Å². The van der Waals surface area contributed by atoms with Crippen LogP contribution in [0.5, 0.6) is 0 Å². The maximum absolute atomic E-state index is 12.3. The van der Waals surface area contributed by atoms with Crippen molar-refractivity contribution in [3.8, 4) is 0 Å². The van der Waals surface area contributed by atoms with Crippen LogP contribution in [0.3, 0.4) is 0 Å². The van der Waals surface area contributed by atoms with Gasteiger partial charge in [-0.1, -0.05) is 25.0 Å². The van der Waals surface area contributed by atoms with Gasteiger partial charge in [0.2, 0.25) is 0 Å². The van der Waals surface area contributed by atoms with Crippen molar-refractivity contribution in [1.29, 1.82) is 0 Å². The lowest BCUT2D eigenvalue weighted by molar-refractivity contribution is 0.0565. The molecule has 5 heteroatoms. The number of benzene rings is 1. The van der Waals surface area contributed by atoms with Crippen LogP contribution in [0.2, 0.25) is 0 Å². The maximum atomic E-state index is 12.3. The summed E-state index contributed by atoms with van der Waals surface area (Å²) in [5, 5.41) is 16.4. The summed E-state index contributed by atoms with van der Waals surface area (Å²) in [7, 11) is 1.80. The summed E-state index contributed by atoms with van der Waals surface area (Å²) >= 11 is 0. The molecule has 1 aliphatic carbocycles. The molecule has 0 aromatic heterocycles. The number of aliphatic hydroxyl groups excluding tert-OH is 1. The third-order valence-electron chi connectivity index (χ3n) is 4.55. The summed E-state index contributed by atoms with van der Waals surface area (Å²) in [6.07, 6.45) is 3.83. The van der Waals surface area contributed by atoms with E-state index in [4.69, 9.17) is 0 Å². The topological polar surface area (TPSA) is 64.6 Å². The molecule has 0 aliphatic heterocycles. The second-order valence-electron chi connectivity index (χ2n) is 7.15. The number of anilines is 1. The number of hydrogen-bond donors (Lipinski definition) is 3. The first kappa shape index (κ1) is 18.6. The van der Waals surface area contributed by atoms with Gasteiger partial charge in [0.25, 0.3) is 0 Å². The van der Waals surface area contributed by atoms with Gasteiger partial charge in [-0.25, -0.2) is 4.79 Å². The lowest BCUT2D eigenvalue weighted by atomic mass is 9.86. The van der Waals surface area contributed by atoms with Gasteiger partial charge in [-0.3, -0.25) is 0 Å². The minimum atomic E-state index is -0.271. The molecule has 5 nitrogen and oxygen atoms in total. The largest absolute Gasteiger partial charge is 0.393 e. The van der Waals surface area contributed by atoms with Crippen LogP contribution in [0, 0.1) is 5.92 Å². The molecule has 0 radical (unpaired) electrons. The van der Waals surface area contributed by atoms with Crippen molar-refractivity contribution in [3.63, 3.8) is 0 Å². The molecule has 0 bridgehead atoms. The van der Waals surface area contributed by atoms with E-state index >= 15 is 0 Å². The van der Waals surface area contributed by atoms with Gasteiger partial charge in [-0.05, 0) is 44.4 Å². The molecule has 0 spiro atoms. The average molecular weight is 333 g/mol. The molecular formula is C19H31N3O2. The van der Waals surface area contributed by atoms with Crippen molar-refractivity contribution in [1.82, 2.24) is 10.2 Å². The minimum absolute atomic E-state index is 0.0880. The van der Waals surface area contributed by atoms with Gasteiger partial charge in [0.05, 0.1) is 6.10 Å². The Morgan fingerprint density at radius 3 is 2.79 bits per heavy atom. The second kappa shape index (κ2) is 8.92. The fourth-order valence-corrected chi connectivity index (χ4v) is 3.25. The Morgan fingerprint density at radius 1 is 1.33 bits per heavy atom. The minimum Gasteiger partial charge on any atom is -0.393 e. The van der Waals surface area contributed by atoms with E-state index in [1.165, 1.54) is 0 Å². The third-order valence-corrected chi connectivity index (χ3v) is 4.55. The van der Waals surface area contributed by atoms with Crippen LogP contribution in [-0.2, 0) is 6.54 Å². The van der Waals surface area contributed by atoms with Crippen molar-refractivity contribution in [2.75, 3.05) is 18.9 Å². The predicted octanol–water partition coefficient (Wildman–Crippen LogP) is 3.20. The Balaban J connectivity index is 1.81. The first-order chi connectivity index (χ1) is 11.5. The number of carbonyl (C=O) groups is 1. The zero-order chi connectivity index (χ0) is 17.5. The quantitative estimate of drug-likeness (QED) is 0.749. The zero-order valence-electron chi connectivity index (χ0n) is 15.1. The highest BCUT2D eigenvalue weighted by molar-refractivity contribution is 5.73. The van der Waals surface area contributed by atoms with E-state index in [-0.39, 0.29) is 18.1 Å². The lowest BCUT2D eigenvalue weighted by Crippen LogP contribution is -2.42. The van der Waals surface area contributed by atoms with Crippen molar-refractivity contribution in [2.24, 2.45) is 5.92 Å². The van der Waals surface area contributed by atoms with Crippen molar-refractivity contribution in [2.45, 2.75) is 58.2 Å². The summed E-state index contributed by atoms with van der Waals surface area (Å²) in [5.41, 5.74) is 2.13. The number of aliphatic hydroxyl groups is 1. The van der Waals surface area contributed by atoms with Crippen LogP contribution in [0.15, 0.2) is 24.3 Å². The van der Waals surface area contributed by atoms with Gasteiger partial charge in [0.15, 0.2) is 0 Å². The lowest BCUT2D eigenvalue weighted by Gasteiger charge is -2.31. The van der Waals surface area contributed by atoms with Gasteiger partial charge in [-0.15, -0.1) is 0 Å². The first-order valence-electron chi connectivity index (χ1n) is 8.98. The normalized spacial score (nSPS) is 20.7. The average Bonchev–Trinajstić information content (AvgIpc) is 2.54. The summed E-state index contributed by atoms with van der Waals surface area (Å²) in [6, 6.07) is 8.39. The molecule has 1 aromatic carbocycles. The highest BCUT2D eigenvalue weighted by Crippen LogP contribution is 2.24. The molecule has 3 N–H and O–H groups in total. The van der Waals surface area contributed by atoms with Crippen molar-refractivity contribution in [3.05, 3.63) is 29.8 Å². The fraction of sp³-hybridized carbons (Fsp3) is 0.632. The third kappa shape index (κ3) is 5.71. The highest BCUT2D eigenvalue weighted by Gasteiger charge is 2.25. The molecule has 0 saturated heterocycles. The van der Waals surface area contributed by atoms with E-state index in [0.717, 1.165) is 36.9 Å². The number of nitrogens with zero attached hydrogens (tertiary/aromatic N) is 1. The molecule has 0 unspecified atom stereocenters. The Kier molecular flexibility index (Phi) is 6.91. The van der Waals surface area contributed by atoms with Gasteiger partial charge < -0.3 is 20.6 Å². The highest BCUT2D eigenvalue weighted by atomic mass is 16.3. The fourth-order valence-electron chi connectivity index (χ4n) is 3.25. The number of hydrogen-bond acceptors (Lipinski definition) is 3. The first-order valence-corrected chi connectivity index (χ1v) is 8.98. The standard InChI is InChI=1S/C19H31N3O2/c1-14(2)21-17-9-6-7-15(11-17)12-20-19(24)22(3)13-16-8-4-5-10-18(16)23/h6-7,9,11,14,16,18,21,23H,4-5,8,10,12-13H2,1-3H3,(H,20,24)/t16-,18-/m1/s1. The van der Waals surface area contributed by atoms with E-state index in [9.17, 15) is 9.90 Å². The Morgan fingerprint density at radius 2 is 2.08 bits per heavy atom. The molecule has 0 heterocycles. The maximum Gasteiger partial charge on any atom is 0.317 e. The molecule has 1 fully saturated rings. The molecular weight excluding hydrogens is 302 g/mol. The monoisotopic (exact) mass is 333 g/mol. The molecule has 2 amide bonds. The molecule has 1 aliphatic rings. The van der Waals surface area contributed by atoms with Crippen LogP contribution in [0.1, 0.15) is 45.1 Å². The molecule has 2 rings (SSSR count). The number of amides is 2. The molecule has 1 aromatic rings. The van der Waals surface area contributed by atoms with Gasteiger partial charge >= 0.3 is 6.03 Å². The Labute approximate surface area is 145 Å². The summed E-state index contributed by atoms with van der Waals surface area (Å²) in [5.74, 6) is 0.202. The number of nitrogens with one attached hydrogen (secondary N) is 2. The smallest absolute Gasteiger partial charge is 0.317 e. The van der Waals surface area contributed by atoms with E-state index in [1.807, 2.05) is 18.2 Å². The molecule has 24 heavy (non-hydrogen) atoms. The Bertz CT molecular complexity index is 533. The molecule has 1 saturated carbocycles. The van der Waals surface area contributed by atoms with E-state index in [2.05, 4.69) is 30.5 Å². The predicted molar refractivity (Wildman–Crippen MR) is 98.0 cm³/mol. The van der Waals surface area contributed by atoms with Gasteiger partial charge in [-0.2, -0.15) is 0 Å². The molecule has 134 valence electrons. The van der Waals surface area contributed by atoms with Crippen molar-refractivity contribution >= 4 is 11.7 Å². The van der Waals surface area contributed by atoms with Gasteiger partial charge in [0.1, 0.15) is 0 Å². The number of rotatable bonds is 6. The van der Waals surface area contributed by atoms with Crippen LogP contribution < -0.4 is 10.6 Å². The number of carbonyl (C=O) groups excluding carboxylic acids is 1. The zero-order valence-corrected chi connectivity index (χ0v) is 15.1. The van der Waals surface area contributed by atoms with Crippen LogP contribution in [-0.4, -0.2) is 41.8 Å². The van der Waals surface area contributed by atoms with Crippen molar-refractivity contribution < 1.29 is 9.90 Å². The van der Waals surface area contributed by atoms with E-state index < -0.39 is 0 Å².